The summed E-state index contributed by atoms with van der Waals surface area (Å²) in [6.45, 7) is 0. The summed E-state index contributed by atoms with van der Waals surface area (Å²) in [5.74, 6) is 0. The van der Waals surface area contributed by atoms with Crippen LogP contribution in [0, 0.1) is 0 Å². The molecular weight excluding hydrogens is 122 g/mol. The van der Waals surface area contributed by atoms with Crippen LogP contribution in [0.5, 0.6) is 0 Å². The van der Waals surface area contributed by atoms with E-state index in [1.54, 1.807) is 0 Å². The highest BCUT2D eigenvalue weighted by atomic mass is 14.6. The minimum absolute atomic E-state index is 1.10. The molecule has 0 saturated carbocycles. The summed E-state index contributed by atoms with van der Waals surface area (Å²) in [5, 5.41) is 2.27. The van der Waals surface area contributed by atoms with Crippen LogP contribution in [0.1, 0.15) is 0 Å². The molecule has 1 N–H and O–H groups in total. The highest BCUT2D eigenvalue weighted by Crippen LogP contribution is 1.70. The van der Waals surface area contributed by atoms with Gasteiger partial charge in [0.2, 0.25) is 0 Å². The Morgan fingerprint density at radius 1 is 1.40 bits per heavy atom. The van der Waals surface area contributed by atoms with Crippen LogP contribution in [0.25, 0.3) is 11.8 Å². The molecule has 0 spiro atoms. The third-order valence-corrected chi connectivity index (χ3v) is 1.45. The Morgan fingerprint density at radius 3 is 3.30 bits per heavy atom. The van der Waals surface area contributed by atoms with Gasteiger partial charge in [-0.15, -0.1) is 0 Å². The van der Waals surface area contributed by atoms with Crippen LogP contribution in [0.15, 0.2) is 30.3 Å². The molecular formula is C9H6N+. The average Bonchev–Trinajstić information content (AvgIpc) is 2.05. The van der Waals surface area contributed by atoms with Crippen molar-refractivity contribution in [3.8, 4) is 0 Å². The number of nitrogens with one attached hydrogen (secondary N) is 1. The van der Waals surface area contributed by atoms with Gasteiger partial charge >= 0.3 is 0 Å². The van der Waals surface area contributed by atoms with E-state index in [1.807, 2.05) is 30.6 Å². The summed E-state index contributed by atoms with van der Waals surface area (Å²) >= 11 is 0. The van der Waals surface area contributed by atoms with E-state index >= 15 is 0 Å². The molecule has 0 unspecified atom stereocenters. The highest BCUT2D eigenvalue weighted by molar-refractivity contribution is 5.42. The van der Waals surface area contributed by atoms with E-state index in [0.29, 0.717) is 0 Å². The minimum Gasteiger partial charge on any atom is -0.217 e. The summed E-state index contributed by atoms with van der Waals surface area (Å²) in [5.41, 5.74) is 5.90. The Hall–Kier alpha value is -1.55. The van der Waals surface area contributed by atoms with Crippen LogP contribution in [0.2, 0.25) is 0 Å². The van der Waals surface area contributed by atoms with E-state index < -0.39 is 0 Å². The molecule has 1 aromatic rings. The molecule has 1 nitrogen and oxygen atoms in total. The van der Waals surface area contributed by atoms with Crippen molar-refractivity contribution >= 4 is 11.8 Å². The number of pyridine rings is 1. The normalized spacial score (nSPS) is 11.6. The number of aromatic amines is 1. The van der Waals surface area contributed by atoms with Crippen molar-refractivity contribution in [3.05, 3.63) is 40.7 Å². The van der Waals surface area contributed by atoms with E-state index in [4.69, 9.17) is 0 Å². The van der Waals surface area contributed by atoms with E-state index in [-0.39, 0.29) is 0 Å². The highest BCUT2D eigenvalue weighted by Gasteiger charge is 1.86. The van der Waals surface area contributed by atoms with Gasteiger partial charge in [0.1, 0.15) is 0 Å². The van der Waals surface area contributed by atoms with Gasteiger partial charge in [0.05, 0.1) is 5.22 Å². The van der Waals surface area contributed by atoms with Crippen molar-refractivity contribution in [3.63, 3.8) is 0 Å². The lowest BCUT2D eigenvalue weighted by atomic mass is 10.2. The molecule has 10 heavy (non-hydrogen) atoms. The van der Waals surface area contributed by atoms with Gasteiger partial charge in [-0.25, -0.2) is 4.98 Å². The molecule has 0 aliphatic heterocycles. The van der Waals surface area contributed by atoms with Gasteiger partial charge in [-0.2, -0.15) is 0 Å². The van der Waals surface area contributed by atoms with Gasteiger partial charge in [-0.05, 0) is 12.2 Å². The Kier molecular flexibility index (Phi) is 1.05. The van der Waals surface area contributed by atoms with Crippen LogP contribution >= 0.6 is 0 Å². The predicted octanol–water partition coefficient (Wildman–Crippen LogP) is -0.615. The molecule has 0 saturated heterocycles. The molecule has 1 aromatic heterocycles. The van der Waals surface area contributed by atoms with Gasteiger partial charge in [0.25, 0.3) is 0 Å². The Bertz CT molecular complexity index is 430. The van der Waals surface area contributed by atoms with Crippen molar-refractivity contribution in [1.29, 1.82) is 0 Å². The summed E-state index contributed by atoms with van der Waals surface area (Å²) in [7, 11) is 0. The molecule has 1 aliphatic rings. The molecule has 0 fully saturated rings. The van der Waals surface area contributed by atoms with E-state index in [1.165, 1.54) is 5.22 Å². The molecule has 46 valence electrons. The third kappa shape index (κ3) is 0.708. The zero-order chi connectivity index (χ0) is 6.81. The molecule has 1 heteroatoms. The summed E-state index contributed by atoms with van der Waals surface area (Å²) in [6.07, 6.45) is 7.69. The van der Waals surface area contributed by atoms with Crippen molar-refractivity contribution in [2.24, 2.45) is 0 Å². The van der Waals surface area contributed by atoms with Gasteiger partial charge in [-0.3, -0.25) is 0 Å². The number of hydrogen-bond acceptors (Lipinski definition) is 0. The SMILES string of the molecule is C1=C=c2cc[nH+]cc2=CC=1. The second-order valence-electron chi connectivity index (χ2n) is 2.12. The maximum atomic E-state index is 3.01. The fraction of sp³-hybridized carbons (Fsp3) is 0. The van der Waals surface area contributed by atoms with Crippen molar-refractivity contribution in [2.75, 3.05) is 0 Å². The topological polar surface area (TPSA) is 14.1 Å². The first-order valence-electron chi connectivity index (χ1n) is 3.15. The number of hydrogen-bond donors (Lipinski definition) is 0. The fourth-order valence-corrected chi connectivity index (χ4v) is 0.946. The maximum Gasteiger partial charge on any atom is 0.175 e. The third-order valence-electron chi connectivity index (χ3n) is 1.45. The lowest BCUT2D eigenvalue weighted by Crippen LogP contribution is -2.28. The standard InChI is InChI=1S/C9H5N/c1-2-4-9-7-10-6-5-8(9)3-1/h2,4-7H/p+1. The zero-order valence-electron chi connectivity index (χ0n) is 5.39. The number of allylic oxidation sites excluding steroid dienone is 1. The smallest absolute Gasteiger partial charge is 0.175 e. The first-order valence-corrected chi connectivity index (χ1v) is 3.15. The maximum absolute atomic E-state index is 3.01. The Morgan fingerprint density at radius 2 is 2.40 bits per heavy atom. The fourth-order valence-electron chi connectivity index (χ4n) is 0.946. The second kappa shape index (κ2) is 2.00. The lowest BCUT2D eigenvalue weighted by Gasteiger charge is -1.80. The van der Waals surface area contributed by atoms with Crippen LogP contribution in [0.4, 0.5) is 0 Å². The van der Waals surface area contributed by atoms with Crippen molar-refractivity contribution in [1.82, 2.24) is 0 Å². The number of fused-ring (bicyclic) bond motifs is 1. The first-order chi connectivity index (χ1) is 4.97. The molecule has 0 amide bonds. The second-order valence-corrected chi connectivity index (χ2v) is 2.12. The van der Waals surface area contributed by atoms with E-state index in [0.717, 1.165) is 5.22 Å². The molecule has 1 aliphatic carbocycles. The van der Waals surface area contributed by atoms with E-state index in [9.17, 15) is 0 Å². The van der Waals surface area contributed by atoms with Gasteiger partial charge < -0.3 is 0 Å². The van der Waals surface area contributed by atoms with Crippen molar-refractivity contribution < 1.29 is 4.98 Å². The van der Waals surface area contributed by atoms with Crippen LogP contribution in [-0.4, -0.2) is 0 Å². The zero-order valence-corrected chi connectivity index (χ0v) is 5.39. The summed E-state index contributed by atoms with van der Waals surface area (Å²) < 4.78 is 0. The molecule has 0 aromatic carbocycles. The van der Waals surface area contributed by atoms with E-state index in [2.05, 4.69) is 16.4 Å². The molecule has 0 radical (unpaired) electrons. The minimum atomic E-state index is 1.10. The van der Waals surface area contributed by atoms with Gasteiger partial charge in [0, 0.05) is 11.3 Å². The number of aromatic nitrogens is 1. The van der Waals surface area contributed by atoms with Crippen LogP contribution in [0.3, 0.4) is 0 Å². The molecule has 0 atom stereocenters. The average molecular weight is 128 g/mol. The van der Waals surface area contributed by atoms with Gasteiger partial charge in [-0.1, -0.05) is 11.5 Å². The van der Waals surface area contributed by atoms with Crippen molar-refractivity contribution in [2.45, 2.75) is 0 Å². The largest absolute Gasteiger partial charge is 0.217 e. The molecule has 1 heterocycles. The van der Waals surface area contributed by atoms with Gasteiger partial charge in [0.15, 0.2) is 12.4 Å². The predicted molar refractivity (Wildman–Crippen MR) is 38.2 cm³/mol. The molecule has 0 bridgehead atoms. The molecule has 2 rings (SSSR count). The summed E-state index contributed by atoms with van der Waals surface area (Å²) in [4.78, 5) is 3.00. The summed E-state index contributed by atoms with van der Waals surface area (Å²) in [6, 6.07) is 1.98. The number of H-pyrrole nitrogens is 1. The van der Waals surface area contributed by atoms with Crippen LogP contribution < -0.4 is 15.4 Å². The monoisotopic (exact) mass is 128 g/mol. The number of rotatable bonds is 0. The lowest BCUT2D eigenvalue weighted by molar-refractivity contribution is -0.379. The first kappa shape index (κ1) is 5.25. The Labute approximate surface area is 58.3 Å². The van der Waals surface area contributed by atoms with Crippen LogP contribution in [-0.2, 0) is 0 Å². The quantitative estimate of drug-likeness (QED) is 0.414. The Balaban J connectivity index is 3.13.